The molecule has 0 saturated carbocycles. The Hall–Kier alpha value is -2.41. The fourth-order valence-electron chi connectivity index (χ4n) is 4.65. The van der Waals surface area contributed by atoms with Crippen LogP contribution in [0.5, 0.6) is 0 Å². The van der Waals surface area contributed by atoms with Crippen LogP contribution in [-0.4, -0.2) is 55.5 Å². The van der Waals surface area contributed by atoms with E-state index in [1.54, 1.807) is 11.0 Å². The number of amides is 4. The van der Waals surface area contributed by atoms with Crippen molar-refractivity contribution < 1.29 is 14.4 Å². The van der Waals surface area contributed by atoms with Crippen molar-refractivity contribution in [3.63, 3.8) is 0 Å². The molecule has 0 bridgehead atoms. The average Bonchev–Trinajstić information content (AvgIpc) is 2.70. The van der Waals surface area contributed by atoms with Gasteiger partial charge in [0, 0.05) is 37.3 Å². The number of hydrogen-bond donors (Lipinski definition) is 2. The first kappa shape index (κ1) is 18.9. The van der Waals surface area contributed by atoms with Gasteiger partial charge < -0.3 is 10.2 Å². The molecule has 150 valence electrons. The van der Waals surface area contributed by atoms with Gasteiger partial charge in [-0.1, -0.05) is 6.07 Å². The zero-order chi connectivity index (χ0) is 19.7. The normalized spacial score (nSPS) is 22.3. The Morgan fingerprint density at radius 1 is 1.04 bits per heavy atom. The minimum Gasteiger partial charge on any atom is -0.339 e. The summed E-state index contributed by atoms with van der Waals surface area (Å²) in [6.07, 6.45) is 4.80. The monoisotopic (exact) mass is 384 g/mol. The quantitative estimate of drug-likeness (QED) is 0.818. The molecule has 28 heavy (non-hydrogen) atoms. The molecule has 7 heteroatoms. The van der Waals surface area contributed by atoms with Crippen LogP contribution in [0.1, 0.15) is 48.0 Å². The van der Waals surface area contributed by atoms with Gasteiger partial charge in [0.25, 0.3) is 5.91 Å². The van der Waals surface area contributed by atoms with Gasteiger partial charge >= 0.3 is 6.03 Å². The molecular formula is C21H28N4O3. The van der Waals surface area contributed by atoms with Crippen LogP contribution < -0.4 is 15.5 Å². The summed E-state index contributed by atoms with van der Waals surface area (Å²) in [5.74, 6) is -0.232. The van der Waals surface area contributed by atoms with Crippen molar-refractivity contribution in [2.45, 2.75) is 39.0 Å². The first-order valence-corrected chi connectivity index (χ1v) is 10.2. The second-order valence-corrected chi connectivity index (χ2v) is 8.30. The van der Waals surface area contributed by atoms with E-state index in [0.29, 0.717) is 23.2 Å². The number of urea groups is 1. The highest BCUT2D eigenvalue weighted by Gasteiger charge is 2.37. The summed E-state index contributed by atoms with van der Waals surface area (Å²) < 4.78 is 0. The number of likely N-dealkylation sites (tertiary alicyclic amines) is 1. The lowest BCUT2D eigenvalue weighted by atomic mass is 9.71. The first-order valence-electron chi connectivity index (χ1n) is 10.2. The van der Waals surface area contributed by atoms with Crippen molar-refractivity contribution in [1.82, 2.24) is 15.5 Å². The number of nitrogens with zero attached hydrogens (tertiary/aromatic N) is 2. The van der Waals surface area contributed by atoms with Gasteiger partial charge in [0.1, 0.15) is 0 Å². The Morgan fingerprint density at radius 2 is 1.75 bits per heavy atom. The number of carbonyl (C=O) groups is 3. The van der Waals surface area contributed by atoms with E-state index in [4.69, 9.17) is 0 Å². The molecule has 3 aliphatic rings. The molecule has 3 aliphatic heterocycles. The number of nitrogens with one attached hydrogen (secondary N) is 2. The highest BCUT2D eigenvalue weighted by atomic mass is 16.2. The van der Waals surface area contributed by atoms with Crippen molar-refractivity contribution >= 4 is 23.5 Å². The smallest absolute Gasteiger partial charge is 0.328 e. The predicted molar refractivity (Wildman–Crippen MR) is 106 cm³/mol. The van der Waals surface area contributed by atoms with E-state index in [0.717, 1.165) is 44.6 Å². The topological polar surface area (TPSA) is 81.8 Å². The molecule has 1 aromatic carbocycles. The van der Waals surface area contributed by atoms with Crippen LogP contribution in [0, 0.1) is 12.3 Å². The van der Waals surface area contributed by atoms with Crippen LogP contribution in [0.25, 0.3) is 0 Å². The van der Waals surface area contributed by atoms with Gasteiger partial charge in [0.05, 0.1) is 0 Å². The molecule has 4 amide bonds. The van der Waals surface area contributed by atoms with E-state index in [1.807, 2.05) is 24.0 Å². The van der Waals surface area contributed by atoms with Crippen LogP contribution in [0.15, 0.2) is 18.2 Å². The van der Waals surface area contributed by atoms with Gasteiger partial charge in [0.15, 0.2) is 0 Å². The molecule has 3 saturated heterocycles. The van der Waals surface area contributed by atoms with E-state index in [9.17, 15) is 14.4 Å². The third-order valence-electron chi connectivity index (χ3n) is 6.58. The standard InChI is InChI=1S/C21H28N4O3/c1-15-2-3-16(14-17(15)25-11-4-18(26)23-20(25)28)19(27)24-12-7-21(8-13-24)5-9-22-10-6-21/h2-3,14,22H,4-13H2,1H3,(H,23,26,28). The number of aryl methyl sites for hydroxylation is 1. The van der Waals surface area contributed by atoms with Crippen molar-refractivity contribution in [3.05, 3.63) is 29.3 Å². The van der Waals surface area contributed by atoms with Crippen LogP contribution in [0.3, 0.4) is 0 Å². The Balaban J connectivity index is 1.48. The number of imide groups is 1. The van der Waals surface area contributed by atoms with Crippen molar-refractivity contribution in [2.24, 2.45) is 5.41 Å². The van der Waals surface area contributed by atoms with Crippen molar-refractivity contribution in [3.8, 4) is 0 Å². The summed E-state index contributed by atoms with van der Waals surface area (Å²) in [6, 6.07) is 5.09. The molecule has 0 radical (unpaired) electrons. The van der Waals surface area contributed by atoms with Gasteiger partial charge in [-0.15, -0.1) is 0 Å². The van der Waals surface area contributed by atoms with E-state index in [2.05, 4.69) is 10.6 Å². The third kappa shape index (κ3) is 3.63. The Bertz CT molecular complexity index is 791. The van der Waals surface area contributed by atoms with E-state index in [-0.39, 0.29) is 18.2 Å². The zero-order valence-electron chi connectivity index (χ0n) is 16.4. The minimum atomic E-state index is -0.422. The molecule has 0 unspecified atom stereocenters. The molecule has 2 N–H and O–H groups in total. The summed E-state index contributed by atoms with van der Waals surface area (Å²) in [4.78, 5) is 40.2. The zero-order valence-corrected chi connectivity index (χ0v) is 16.4. The van der Waals surface area contributed by atoms with Gasteiger partial charge in [-0.2, -0.15) is 0 Å². The summed E-state index contributed by atoms with van der Waals surface area (Å²) >= 11 is 0. The number of rotatable bonds is 2. The predicted octanol–water partition coefficient (Wildman–Crippen LogP) is 2.05. The number of anilines is 1. The molecule has 3 fully saturated rings. The summed E-state index contributed by atoms with van der Waals surface area (Å²) in [5, 5.41) is 5.77. The van der Waals surface area contributed by atoms with E-state index >= 15 is 0 Å². The van der Waals surface area contributed by atoms with Crippen LogP contribution >= 0.6 is 0 Å². The number of piperidine rings is 2. The molecular weight excluding hydrogens is 356 g/mol. The van der Waals surface area contributed by atoms with E-state index in [1.165, 1.54) is 12.8 Å². The Labute approximate surface area is 165 Å². The molecule has 3 heterocycles. The maximum Gasteiger partial charge on any atom is 0.328 e. The highest BCUT2D eigenvalue weighted by Crippen LogP contribution is 2.39. The lowest BCUT2D eigenvalue weighted by Gasteiger charge is -2.44. The molecule has 4 rings (SSSR count). The Morgan fingerprint density at radius 3 is 2.43 bits per heavy atom. The lowest BCUT2D eigenvalue weighted by molar-refractivity contribution is -0.120. The molecule has 0 atom stereocenters. The number of hydrogen-bond acceptors (Lipinski definition) is 4. The SMILES string of the molecule is Cc1ccc(C(=O)N2CCC3(CCNCC3)CC2)cc1N1CCC(=O)NC1=O. The maximum absolute atomic E-state index is 13.1. The molecule has 1 spiro atoms. The van der Waals surface area contributed by atoms with Gasteiger partial charge in [0.2, 0.25) is 5.91 Å². The molecule has 0 aromatic heterocycles. The number of carbonyl (C=O) groups excluding carboxylic acids is 3. The van der Waals surface area contributed by atoms with Crippen LogP contribution in [-0.2, 0) is 4.79 Å². The summed E-state index contributed by atoms with van der Waals surface area (Å²) in [6.45, 7) is 5.99. The van der Waals surface area contributed by atoms with Crippen LogP contribution in [0.4, 0.5) is 10.5 Å². The van der Waals surface area contributed by atoms with Crippen molar-refractivity contribution in [2.75, 3.05) is 37.6 Å². The second kappa shape index (κ2) is 7.54. The Kier molecular flexibility index (Phi) is 5.10. The molecule has 0 aliphatic carbocycles. The van der Waals surface area contributed by atoms with E-state index < -0.39 is 6.03 Å². The highest BCUT2D eigenvalue weighted by molar-refractivity contribution is 6.06. The summed E-state index contributed by atoms with van der Waals surface area (Å²) in [7, 11) is 0. The molecule has 1 aromatic rings. The fraction of sp³-hybridized carbons (Fsp3) is 0.571. The van der Waals surface area contributed by atoms with Gasteiger partial charge in [-0.3, -0.25) is 19.8 Å². The second-order valence-electron chi connectivity index (χ2n) is 8.30. The fourth-order valence-corrected chi connectivity index (χ4v) is 4.65. The molecule has 7 nitrogen and oxygen atoms in total. The average molecular weight is 384 g/mol. The van der Waals surface area contributed by atoms with Gasteiger partial charge in [-0.25, -0.2) is 4.79 Å². The maximum atomic E-state index is 13.1. The van der Waals surface area contributed by atoms with Crippen LogP contribution in [0.2, 0.25) is 0 Å². The summed E-state index contributed by atoms with van der Waals surface area (Å²) in [5.41, 5.74) is 2.61. The lowest BCUT2D eigenvalue weighted by Crippen LogP contribution is -2.50. The minimum absolute atomic E-state index is 0.0264. The van der Waals surface area contributed by atoms with Gasteiger partial charge in [-0.05, 0) is 68.8 Å². The van der Waals surface area contributed by atoms with Crippen molar-refractivity contribution in [1.29, 1.82) is 0 Å². The number of benzene rings is 1. The third-order valence-corrected chi connectivity index (χ3v) is 6.58. The largest absolute Gasteiger partial charge is 0.339 e. The first-order chi connectivity index (χ1) is 13.5.